The monoisotopic (exact) mass is 195 g/mol. The molecule has 0 spiro atoms. The molecule has 2 rings (SSSR count). The van der Waals surface area contributed by atoms with Crippen molar-refractivity contribution in [3.8, 4) is 0 Å². The minimum atomic E-state index is -0.198. The van der Waals surface area contributed by atoms with Gasteiger partial charge in [-0.25, -0.2) is 0 Å². The van der Waals surface area contributed by atoms with Crippen molar-refractivity contribution in [2.45, 2.75) is 40.0 Å². The Balaban J connectivity index is 2.03. The van der Waals surface area contributed by atoms with E-state index in [-0.39, 0.29) is 5.41 Å². The molecule has 2 nitrogen and oxygen atoms in total. The third-order valence-electron chi connectivity index (χ3n) is 3.54. The summed E-state index contributed by atoms with van der Waals surface area (Å²) in [5, 5.41) is 0. The van der Waals surface area contributed by atoms with E-state index in [4.69, 9.17) is 0 Å². The number of piperidine rings is 1. The first-order valence-electron chi connectivity index (χ1n) is 5.76. The Kier molecular flexibility index (Phi) is 2.32. The fourth-order valence-corrected chi connectivity index (χ4v) is 2.85. The minimum absolute atomic E-state index is 0.198. The number of amides is 1. The third kappa shape index (κ3) is 1.79. The van der Waals surface area contributed by atoms with Crippen LogP contribution in [0.25, 0.3) is 0 Å². The van der Waals surface area contributed by atoms with Crippen molar-refractivity contribution in [2.75, 3.05) is 13.1 Å². The maximum atomic E-state index is 12.1. The Morgan fingerprint density at radius 1 is 1.14 bits per heavy atom. The second-order valence-electron chi connectivity index (χ2n) is 6.01. The van der Waals surface area contributed by atoms with Crippen LogP contribution < -0.4 is 0 Å². The van der Waals surface area contributed by atoms with Crippen molar-refractivity contribution in [2.24, 2.45) is 17.3 Å². The predicted octanol–water partition coefficient (Wildman–Crippen LogP) is 2.29. The van der Waals surface area contributed by atoms with Crippen LogP contribution in [0.2, 0.25) is 0 Å². The molecule has 80 valence electrons. The number of fused-ring (bicyclic) bond motifs is 2. The Hall–Kier alpha value is -0.530. The number of hydrogen-bond acceptors (Lipinski definition) is 1. The van der Waals surface area contributed by atoms with Gasteiger partial charge in [-0.15, -0.1) is 0 Å². The lowest BCUT2D eigenvalue weighted by atomic mass is 9.91. The summed E-state index contributed by atoms with van der Waals surface area (Å²) in [6.45, 7) is 8.10. The molecule has 2 aliphatic rings. The molecule has 0 aromatic carbocycles. The summed E-state index contributed by atoms with van der Waals surface area (Å²) in [7, 11) is 0. The summed E-state index contributed by atoms with van der Waals surface area (Å²) < 4.78 is 0. The van der Waals surface area contributed by atoms with E-state index in [1.54, 1.807) is 0 Å². The maximum absolute atomic E-state index is 12.1. The number of rotatable bonds is 0. The quantitative estimate of drug-likeness (QED) is 0.581. The van der Waals surface area contributed by atoms with Crippen molar-refractivity contribution in [1.29, 1.82) is 0 Å². The van der Waals surface area contributed by atoms with Crippen LogP contribution in [0.3, 0.4) is 0 Å². The van der Waals surface area contributed by atoms with Gasteiger partial charge in [-0.2, -0.15) is 0 Å². The number of likely N-dealkylation sites (tertiary alicyclic amines) is 1. The van der Waals surface area contributed by atoms with E-state index in [0.717, 1.165) is 24.9 Å². The van der Waals surface area contributed by atoms with Gasteiger partial charge in [0.1, 0.15) is 0 Å². The largest absolute Gasteiger partial charge is 0.342 e. The van der Waals surface area contributed by atoms with E-state index in [1.165, 1.54) is 19.3 Å². The molecule has 0 aromatic rings. The van der Waals surface area contributed by atoms with E-state index >= 15 is 0 Å². The van der Waals surface area contributed by atoms with Crippen LogP contribution in [0, 0.1) is 17.3 Å². The van der Waals surface area contributed by atoms with Crippen LogP contribution >= 0.6 is 0 Å². The van der Waals surface area contributed by atoms with Crippen molar-refractivity contribution in [3.05, 3.63) is 0 Å². The molecule has 2 atom stereocenters. The topological polar surface area (TPSA) is 20.3 Å². The van der Waals surface area contributed by atoms with Crippen molar-refractivity contribution >= 4 is 5.91 Å². The second kappa shape index (κ2) is 3.25. The maximum Gasteiger partial charge on any atom is 0.227 e. The summed E-state index contributed by atoms with van der Waals surface area (Å²) in [6.07, 6.45) is 4.06. The van der Waals surface area contributed by atoms with Gasteiger partial charge in [0.05, 0.1) is 0 Å². The first kappa shape index (κ1) is 10.0. The molecule has 14 heavy (non-hydrogen) atoms. The fourth-order valence-electron chi connectivity index (χ4n) is 2.85. The third-order valence-corrected chi connectivity index (χ3v) is 3.54. The lowest BCUT2D eigenvalue weighted by Crippen LogP contribution is -2.45. The lowest BCUT2D eigenvalue weighted by Gasteiger charge is -2.35. The molecular formula is C12H21NO. The standard InChI is InChI=1S/C12H21NO/c1-12(2,3)11(14)13-7-9-4-5-10(6-9)8-13/h9-10H,4-8H2,1-3H3. The summed E-state index contributed by atoms with van der Waals surface area (Å²) in [6, 6.07) is 0. The molecular weight excluding hydrogens is 174 g/mol. The summed E-state index contributed by atoms with van der Waals surface area (Å²) in [4.78, 5) is 14.2. The number of carbonyl (C=O) groups is 1. The SMILES string of the molecule is CC(C)(C)C(=O)N1CC2CCC(C2)C1. The molecule has 1 heterocycles. The van der Waals surface area contributed by atoms with Gasteiger partial charge >= 0.3 is 0 Å². The predicted molar refractivity (Wildman–Crippen MR) is 56.9 cm³/mol. The Bertz CT molecular complexity index is 229. The molecule has 1 saturated heterocycles. The summed E-state index contributed by atoms with van der Waals surface area (Å²) >= 11 is 0. The minimum Gasteiger partial charge on any atom is -0.342 e. The van der Waals surface area contributed by atoms with Crippen LogP contribution in [0.5, 0.6) is 0 Å². The number of nitrogens with zero attached hydrogens (tertiary/aromatic N) is 1. The highest BCUT2D eigenvalue weighted by molar-refractivity contribution is 5.81. The average Bonchev–Trinajstić information content (AvgIpc) is 2.42. The molecule has 1 amide bonds. The van der Waals surface area contributed by atoms with Gasteiger partial charge in [0, 0.05) is 18.5 Å². The first-order valence-corrected chi connectivity index (χ1v) is 5.76. The second-order valence-corrected chi connectivity index (χ2v) is 6.01. The molecule has 0 N–H and O–H groups in total. The van der Waals surface area contributed by atoms with Crippen molar-refractivity contribution < 1.29 is 4.79 Å². The van der Waals surface area contributed by atoms with Gasteiger partial charge in [0.2, 0.25) is 5.91 Å². The highest BCUT2D eigenvalue weighted by Gasteiger charge is 2.37. The highest BCUT2D eigenvalue weighted by Crippen LogP contribution is 2.37. The van der Waals surface area contributed by atoms with E-state index in [0.29, 0.717) is 5.91 Å². The molecule has 1 aliphatic carbocycles. The molecule has 0 radical (unpaired) electrons. The summed E-state index contributed by atoms with van der Waals surface area (Å²) in [5.74, 6) is 1.95. The lowest BCUT2D eigenvalue weighted by molar-refractivity contribution is -0.141. The van der Waals surface area contributed by atoms with Gasteiger partial charge in [-0.1, -0.05) is 20.8 Å². The first-order chi connectivity index (χ1) is 6.47. The molecule has 2 fully saturated rings. The van der Waals surface area contributed by atoms with E-state index < -0.39 is 0 Å². The zero-order chi connectivity index (χ0) is 10.3. The molecule has 0 aromatic heterocycles. The van der Waals surface area contributed by atoms with E-state index in [2.05, 4.69) is 4.90 Å². The van der Waals surface area contributed by atoms with Gasteiger partial charge in [-0.05, 0) is 31.1 Å². The van der Waals surface area contributed by atoms with Gasteiger partial charge in [0.15, 0.2) is 0 Å². The van der Waals surface area contributed by atoms with Crippen molar-refractivity contribution in [3.63, 3.8) is 0 Å². The Morgan fingerprint density at radius 3 is 2.07 bits per heavy atom. The van der Waals surface area contributed by atoms with Crippen LogP contribution in [0.1, 0.15) is 40.0 Å². The van der Waals surface area contributed by atoms with Crippen molar-refractivity contribution in [1.82, 2.24) is 4.90 Å². The van der Waals surface area contributed by atoms with Crippen LogP contribution in [-0.2, 0) is 4.79 Å². The van der Waals surface area contributed by atoms with E-state index in [1.807, 2.05) is 20.8 Å². The Labute approximate surface area is 86.7 Å². The highest BCUT2D eigenvalue weighted by atomic mass is 16.2. The molecule has 2 heteroatoms. The normalized spacial score (nSPS) is 32.1. The van der Waals surface area contributed by atoms with Crippen LogP contribution in [0.15, 0.2) is 0 Å². The average molecular weight is 195 g/mol. The number of carbonyl (C=O) groups excluding carboxylic acids is 1. The van der Waals surface area contributed by atoms with Gasteiger partial charge in [0.25, 0.3) is 0 Å². The molecule has 2 unspecified atom stereocenters. The molecule has 1 saturated carbocycles. The van der Waals surface area contributed by atoms with Gasteiger partial charge in [-0.3, -0.25) is 4.79 Å². The van der Waals surface area contributed by atoms with Gasteiger partial charge < -0.3 is 4.90 Å². The molecule has 2 bridgehead atoms. The fraction of sp³-hybridized carbons (Fsp3) is 0.917. The zero-order valence-electron chi connectivity index (χ0n) is 9.55. The zero-order valence-corrected chi connectivity index (χ0v) is 9.55. The smallest absolute Gasteiger partial charge is 0.227 e. The van der Waals surface area contributed by atoms with E-state index in [9.17, 15) is 4.79 Å². The van der Waals surface area contributed by atoms with Crippen LogP contribution in [0.4, 0.5) is 0 Å². The summed E-state index contributed by atoms with van der Waals surface area (Å²) in [5.41, 5.74) is -0.198. The van der Waals surface area contributed by atoms with Crippen LogP contribution in [-0.4, -0.2) is 23.9 Å². The number of hydrogen-bond donors (Lipinski definition) is 0. The Morgan fingerprint density at radius 2 is 1.64 bits per heavy atom. The molecule has 1 aliphatic heterocycles.